The maximum absolute atomic E-state index is 10.9. The Morgan fingerprint density at radius 2 is 2.40 bits per heavy atom. The summed E-state index contributed by atoms with van der Waals surface area (Å²) in [5.74, 6) is 0.336. The number of hydrogen-bond acceptors (Lipinski definition) is 1. The van der Waals surface area contributed by atoms with Crippen molar-refractivity contribution in [3.05, 3.63) is 32.7 Å². The number of hydrogen-bond donors (Lipinski definition) is 1. The Morgan fingerprint density at radius 1 is 1.70 bits per heavy atom. The molecule has 0 saturated carbocycles. The smallest absolute Gasteiger partial charge is 0.196 e. The minimum Gasteiger partial charge on any atom is -0.363 e. The van der Waals surface area contributed by atoms with Crippen molar-refractivity contribution in [2.24, 2.45) is 0 Å². The summed E-state index contributed by atoms with van der Waals surface area (Å²) < 4.78 is 0.529. The molecule has 1 aromatic heterocycles. The molecule has 0 fully saturated rings. The molecular formula is C6H5BrClNO. The third-order valence-electron chi connectivity index (χ3n) is 1.07. The number of H-pyrrole nitrogens is 1. The van der Waals surface area contributed by atoms with Gasteiger partial charge in [-0.25, -0.2) is 0 Å². The Morgan fingerprint density at radius 3 is 2.90 bits per heavy atom. The summed E-state index contributed by atoms with van der Waals surface area (Å²) in [5, 5.41) is 0. The summed E-state index contributed by atoms with van der Waals surface area (Å²) in [6.07, 6.45) is 1.58. The number of rotatable bonds is 1. The number of aromatic amines is 1. The van der Waals surface area contributed by atoms with Gasteiger partial charge in [-0.2, -0.15) is 0 Å². The van der Waals surface area contributed by atoms with Crippen LogP contribution in [0, 0.1) is 0 Å². The van der Waals surface area contributed by atoms with E-state index >= 15 is 0 Å². The van der Waals surface area contributed by atoms with Crippen LogP contribution in [-0.4, -0.2) is 4.98 Å². The van der Waals surface area contributed by atoms with Crippen LogP contribution in [0.15, 0.2) is 21.5 Å². The molecule has 0 spiro atoms. The van der Waals surface area contributed by atoms with Crippen molar-refractivity contribution in [2.75, 3.05) is 0 Å². The quantitative estimate of drug-likeness (QED) is 0.723. The molecule has 0 amide bonds. The molecule has 2 nitrogen and oxygen atoms in total. The van der Waals surface area contributed by atoms with Crippen LogP contribution >= 0.6 is 27.5 Å². The fourth-order valence-corrected chi connectivity index (χ4v) is 0.956. The van der Waals surface area contributed by atoms with Crippen molar-refractivity contribution in [2.45, 2.75) is 5.88 Å². The average molecular weight is 222 g/mol. The summed E-state index contributed by atoms with van der Waals surface area (Å²) in [7, 11) is 0. The van der Waals surface area contributed by atoms with E-state index in [0.29, 0.717) is 10.4 Å². The first kappa shape index (κ1) is 7.82. The minimum atomic E-state index is -0.0469. The van der Waals surface area contributed by atoms with Crippen LogP contribution in [0.5, 0.6) is 0 Å². The van der Waals surface area contributed by atoms with Gasteiger partial charge in [0.25, 0.3) is 0 Å². The monoisotopic (exact) mass is 221 g/mol. The van der Waals surface area contributed by atoms with Crippen molar-refractivity contribution in [1.82, 2.24) is 4.98 Å². The fourth-order valence-electron chi connectivity index (χ4n) is 0.573. The van der Waals surface area contributed by atoms with E-state index in [9.17, 15) is 4.79 Å². The van der Waals surface area contributed by atoms with Crippen LogP contribution in [0.1, 0.15) is 5.69 Å². The second-order valence-corrected chi connectivity index (χ2v) is 2.93. The lowest BCUT2D eigenvalue weighted by atomic mass is 10.4. The summed E-state index contributed by atoms with van der Waals surface area (Å²) in [4.78, 5) is 13.7. The molecule has 0 saturated heterocycles. The zero-order valence-corrected chi connectivity index (χ0v) is 7.37. The molecule has 4 heteroatoms. The van der Waals surface area contributed by atoms with Gasteiger partial charge in [0, 0.05) is 18.0 Å². The molecule has 0 aromatic carbocycles. The largest absolute Gasteiger partial charge is 0.363 e. The van der Waals surface area contributed by atoms with Crippen molar-refractivity contribution < 1.29 is 0 Å². The van der Waals surface area contributed by atoms with Crippen molar-refractivity contribution >= 4 is 27.5 Å². The van der Waals surface area contributed by atoms with E-state index in [4.69, 9.17) is 11.6 Å². The highest BCUT2D eigenvalue weighted by molar-refractivity contribution is 9.10. The molecule has 0 bridgehead atoms. The van der Waals surface area contributed by atoms with Gasteiger partial charge in [0.05, 0.1) is 10.4 Å². The van der Waals surface area contributed by atoms with E-state index in [1.807, 2.05) is 0 Å². The van der Waals surface area contributed by atoms with Crippen LogP contribution in [0.25, 0.3) is 0 Å². The average Bonchev–Trinajstić information content (AvgIpc) is 1.95. The highest BCUT2D eigenvalue weighted by Gasteiger charge is 1.94. The van der Waals surface area contributed by atoms with Crippen LogP contribution in [-0.2, 0) is 5.88 Å². The molecule has 1 heterocycles. The highest BCUT2D eigenvalue weighted by Crippen LogP contribution is 2.02. The number of halogens is 2. The van der Waals surface area contributed by atoms with E-state index < -0.39 is 0 Å². The number of pyridine rings is 1. The van der Waals surface area contributed by atoms with Gasteiger partial charge in [0.2, 0.25) is 0 Å². The maximum Gasteiger partial charge on any atom is 0.196 e. The summed E-state index contributed by atoms with van der Waals surface area (Å²) >= 11 is 8.54. The first-order chi connectivity index (χ1) is 4.74. The van der Waals surface area contributed by atoms with E-state index in [1.165, 1.54) is 6.07 Å². The van der Waals surface area contributed by atoms with Gasteiger partial charge >= 0.3 is 0 Å². The standard InChI is InChI=1S/C6H5BrClNO/c7-5-3-9-4(2-8)1-6(5)10/h1,3H,2H2,(H,9,10). The Balaban J connectivity index is 3.17. The molecular weight excluding hydrogens is 217 g/mol. The van der Waals surface area contributed by atoms with Crippen molar-refractivity contribution in [1.29, 1.82) is 0 Å². The van der Waals surface area contributed by atoms with Crippen LogP contribution in [0.3, 0.4) is 0 Å². The van der Waals surface area contributed by atoms with E-state index in [0.717, 1.165) is 5.69 Å². The number of aromatic nitrogens is 1. The topological polar surface area (TPSA) is 32.9 Å². The molecule has 1 N–H and O–H groups in total. The van der Waals surface area contributed by atoms with E-state index in [-0.39, 0.29) is 5.43 Å². The molecule has 10 heavy (non-hydrogen) atoms. The van der Waals surface area contributed by atoms with Gasteiger partial charge in [-0.15, -0.1) is 11.6 Å². The Bertz CT molecular complexity index is 283. The summed E-state index contributed by atoms with van der Waals surface area (Å²) in [6, 6.07) is 1.47. The summed E-state index contributed by atoms with van der Waals surface area (Å²) in [5.41, 5.74) is 0.685. The lowest BCUT2D eigenvalue weighted by molar-refractivity contribution is 1.14. The molecule has 0 atom stereocenters. The zero-order chi connectivity index (χ0) is 7.56. The van der Waals surface area contributed by atoms with E-state index in [2.05, 4.69) is 20.9 Å². The molecule has 54 valence electrons. The normalized spacial score (nSPS) is 9.80. The number of alkyl halides is 1. The van der Waals surface area contributed by atoms with Crippen LogP contribution < -0.4 is 5.43 Å². The molecule has 0 aliphatic heterocycles. The molecule has 0 aliphatic rings. The van der Waals surface area contributed by atoms with Crippen LogP contribution in [0.2, 0.25) is 0 Å². The highest BCUT2D eigenvalue weighted by atomic mass is 79.9. The lowest BCUT2D eigenvalue weighted by Crippen LogP contribution is -2.02. The Labute approximate surface area is 71.3 Å². The van der Waals surface area contributed by atoms with E-state index in [1.54, 1.807) is 6.20 Å². The minimum absolute atomic E-state index is 0.0469. The summed E-state index contributed by atoms with van der Waals surface area (Å²) in [6.45, 7) is 0. The van der Waals surface area contributed by atoms with Gasteiger partial charge in [-0.1, -0.05) is 0 Å². The Hall–Kier alpha value is -0.280. The van der Waals surface area contributed by atoms with Gasteiger partial charge in [-0.3, -0.25) is 4.79 Å². The molecule has 0 aliphatic carbocycles. The zero-order valence-electron chi connectivity index (χ0n) is 5.03. The second kappa shape index (κ2) is 3.21. The lowest BCUT2D eigenvalue weighted by Gasteiger charge is -1.93. The SMILES string of the molecule is O=c1cc(CCl)[nH]cc1Br. The fraction of sp³-hybridized carbons (Fsp3) is 0.167. The Kier molecular flexibility index (Phi) is 2.51. The first-order valence-electron chi connectivity index (χ1n) is 2.67. The molecule has 0 unspecified atom stereocenters. The number of nitrogens with one attached hydrogen (secondary N) is 1. The van der Waals surface area contributed by atoms with Crippen LogP contribution in [0.4, 0.5) is 0 Å². The maximum atomic E-state index is 10.9. The van der Waals surface area contributed by atoms with Gasteiger partial charge in [0.1, 0.15) is 0 Å². The van der Waals surface area contributed by atoms with Gasteiger partial charge < -0.3 is 4.98 Å². The third kappa shape index (κ3) is 1.61. The first-order valence-corrected chi connectivity index (χ1v) is 4.00. The van der Waals surface area contributed by atoms with Gasteiger partial charge in [-0.05, 0) is 15.9 Å². The predicted molar refractivity (Wildman–Crippen MR) is 44.3 cm³/mol. The molecule has 1 rings (SSSR count). The van der Waals surface area contributed by atoms with Crippen molar-refractivity contribution in [3.63, 3.8) is 0 Å². The third-order valence-corrected chi connectivity index (χ3v) is 1.98. The second-order valence-electron chi connectivity index (χ2n) is 1.80. The molecule has 0 radical (unpaired) electrons. The molecule has 1 aromatic rings. The van der Waals surface area contributed by atoms with Crippen molar-refractivity contribution in [3.8, 4) is 0 Å². The van der Waals surface area contributed by atoms with Gasteiger partial charge in [0.15, 0.2) is 5.43 Å². The predicted octanol–water partition coefficient (Wildman–Crippen LogP) is 1.88.